The quantitative estimate of drug-likeness (QED) is 0.913. The lowest BCUT2D eigenvalue weighted by molar-refractivity contribution is 0.419. The first kappa shape index (κ1) is 15.6. The Morgan fingerprint density at radius 1 is 1.39 bits per heavy atom. The van der Waals surface area contributed by atoms with Gasteiger partial charge in [0, 0.05) is 11.3 Å². The van der Waals surface area contributed by atoms with E-state index >= 15 is 0 Å². The minimum Gasteiger partial charge on any atom is -0.383 e. The average Bonchev–Trinajstić information content (AvgIpc) is 2.54. The van der Waals surface area contributed by atoms with Crippen LogP contribution in [-0.4, -0.2) is 4.98 Å². The minimum absolute atomic E-state index is 0.372. The summed E-state index contributed by atoms with van der Waals surface area (Å²) in [6, 6.07) is 10.6. The van der Waals surface area contributed by atoms with E-state index in [0.717, 1.165) is 29.7 Å². The number of nitriles is 1. The first-order chi connectivity index (χ1) is 11.1. The smallest absolute Gasteiger partial charge is 0.142 e. The van der Waals surface area contributed by atoms with Gasteiger partial charge in [-0.05, 0) is 43.2 Å². The Morgan fingerprint density at radius 3 is 2.91 bits per heavy atom. The molecule has 0 saturated heterocycles. The summed E-state index contributed by atoms with van der Waals surface area (Å²) in [5.41, 5.74) is 12.2. The number of nitrogens with zero attached hydrogens (tertiary/aromatic N) is 2. The van der Waals surface area contributed by atoms with Crippen LogP contribution in [0.5, 0.6) is 0 Å². The number of anilines is 1. The van der Waals surface area contributed by atoms with Crippen molar-refractivity contribution in [3.8, 4) is 17.2 Å². The molecule has 0 spiro atoms. The molecule has 23 heavy (non-hydrogen) atoms. The second kappa shape index (κ2) is 6.42. The highest BCUT2D eigenvalue weighted by atomic mass is 14.9. The summed E-state index contributed by atoms with van der Waals surface area (Å²) >= 11 is 0. The van der Waals surface area contributed by atoms with Crippen LogP contribution >= 0.6 is 0 Å². The van der Waals surface area contributed by atoms with Crippen LogP contribution in [0.1, 0.15) is 48.6 Å². The molecule has 1 aromatic carbocycles. The van der Waals surface area contributed by atoms with Crippen molar-refractivity contribution >= 4 is 5.82 Å². The summed E-state index contributed by atoms with van der Waals surface area (Å²) in [5.74, 6) is 1.06. The molecule has 0 radical (unpaired) electrons. The summed E-state index contributed by atoms with van der Waals surface area (Å²) in [6.45, 7) is 4.31. The van der Waals surface area contributed by atoms with Gasteiger partial charge in [0.05, 0.1) is 0 Å². The Labute approximate surface area is 138 Å². The maximum atomic E-state index is 9.63. The van der Waals surface area contributed by atoms with Gasteiger partial charge in [-0.1, -0.05) is 49.6 Å². The van der Waals surface area contributed by atoms with E-state index < -0.39 is 0 Å². The van der Waals surface area contributed by atoms with Crippen LogP contribution in [0.2, 0.25) is 0 Å². The predicted molar refractivity (Wildman–Crippen MR) is 94.0 cm³/mol. The Bertz CT molecular complexity index is 771. The van der Waals surface area contributed by atoms with E-state index in [1.165, 1.54) is 30.4 Å². The Kier molecular flexibility index (Phi) is 4.34. The first-order valence-corrected chi connectivity index (χ1v) is 8.42. The summed E-state index contributed by atoms with van der Waals surface area (Å²) in [5, 5.41) is 9.63. The molecule has 0 bridgehead atoms. The van der Waals surface area contributed by atoms with Crippen molar-refractivity contribution < 1.29 is 0 Å². The standard InChI is InChI=1S/C20H23N3/c1-3-5-14-8-9-18-16(11-14)19(17(12-21)20(22)23-18)15-7-4-6-13(2)10-15/h4,6-7,10,14H,3,5,8-9,11H2,1-2H3,(H2,22,23). The molecule has 118 valence electrons. The van der Waals surface area contributed by atoms with Crippen LogP contribution in [0.25, 0.3) is 11.1 Å². The van der Waals surface area contributed by atoms with E-state index in [9.17, 15) is 5.26 Å². The van der Waals surface area contributed by atoms with Crippen molar-refractivity contribution in [3.05, 3.63) is 46.6 Å². The van der Waals surface area contributed by atoms with Crippen molar-refractivity contribution in [1.29, 1.82) is 5.26 Å². The largest absolute Gasteiger partial charge is 0.383 e. The molecule has 3 nitrogen and oxygen atoms in total. The number of hydrogen-bond acceptors (Lipinski definition) is 3. The van der Waals surface area contributed by atoms with Crippen molar-refractivity contribution in [2.45, 2.75) is 46.0 Å². The molecule has 0 saturated carbocycles. The van der Waals surface area contributed by atoms with Gasteiger partial charge >= 0.3 is 0 Å². The molecule has 1 unspecified atom stereocenters. The highest BCUT2D eigenvalue weighted by Crippen LogP contribution is 2.38. The molecule has 0 fully saturated rings. The Hall–Kier alpha value is -2.34. The molecular weight excluding hydrogens is 282 g/mol. The third kappa shape index (κ3) is 2.94. The first-order valence-electron chi connectivity index (χ1n) is 8.42. The summed E-state index contributed by atoms with van der Waals surface area (Å²) < 4.78 is 0. The lowest BCUT2D eigenvalue weighted by Gasteiger charge is -2.27. The van der Waals surface area contributed by atoms with E-state index in [1.807, 2.05) is 6.07 Å². The van der Waals surface area contributed by atoms with Crippen LogP contribution in [0.3, 0.4) is 0 Å². The zero-order valence-electron chi connectivity index (χ0n) is 13.9. The molecule has 1 aliphatic carbocycles. The van der Waals surface area contributed by atoms with Crippen LogP contribution in [0.15, 0.2) is 24.3 Å². The molecule has 3 rings (SSSR count). The molecule has 1 heterocycles. The van der Waals surface area contributed by atoms with Gasteiger partial charge in [0.25, 0.3) is 0 Å². The number of benzene rings is 1. The van der Waals surface area contributed by atoms with Gasteiger partial charge in [-0.2, -0.15) is 5.26 Å². The van der Waals surface area contributed by atoms with E-state index in [1.54, 1.807) is 0 Å². The third-order valence-electron chi connectivity index (χ3n) is 4.81. The van der Waals surface area contributed by atoms with Crippen molar-refractivity contribution in [2.75, 3.05) is 5.73 Å². The van der Waals surface area contributed by atoms with Gasteiger partial charge in [0.15, 0.2) is 0 Å². The van der Waals surface area contributed by atoms with Crippen LogP contribution in [0, 0.1) is 24.2 Å². The zero-order valence-corrected chi connectivity index (χ0v) is 13.9. The van der Waals surface area contributed by atoms with Crippen LogP contribution in [0.4, 0.5) is 5.82 Å². The topological polar surface area (TPSA) is 62.7 Å². The molecule has 1 atom stereocenters. The molecule has 1 aromatic heterocycles. The summed E-state index contributed by atoms with van der Waals surface area (Å²) in [4.78, 5) is 4.54. The Balaban J connectivity index is 2.20. The van der Waals surface area contributed by atoms with Crippen LogP contribution in [-0.2, 0) is 12.8 Å². The molecule has 3 heteroatoms. The second-order valence-corrected chi connectivity index (χ2v) is 6.55. The highest BCUT2D eigenvalue weighted by Gasteiger charge is 2.26. The number of nitrogens with two attached hydrogens (primary N) is 1. The fourth-order valence-corrected chi connectivity index (χ4v) is 3.74. The fourth-order valence-electron chi connectivity index (χ4n) is 3.74. The van der Waals surface area contributed by atoms with Crippen molar-refractivity contribution in [3.63, 3.8) is 0 Å². The monoisotopic (exact) mass is 305 g/mol. The molecule has 2 aromatic rings. The minimum atomic E-state index is 0.372. The second-order valence-electron chi connectivity index (χ2n) is 6.55. The summed E-state index contributed by atoms with van der Waals surface area (Å²) in [7, 11) is 0. The lowest BCUT2D eigenvalue weighted by Crippen LogP contribution is -2.18. The maximum absolute atomic E-state index is 9.63. The van der Waals surface area contributed by atoms with Gasteiger partial charge in [0.1, 0.15) is 17.5 Å². The van der Waals surface area contributed by atoms with Gasteiger partial charge in [0.2, 0.25) is 0 Å². The van der Waals surface area contributed by atoms with E-state index in [4.69, 9.17) is 5.73 Å². The number of pyridine rings is 1. The maximum Gasteiger partial charge on any atom is 0.142 e. The average molecular weight is 305 g/mol. The molecule has 0 amide bonds. The number of rotatable bonds is 3. The number of fused-ring (bicyclic) bond motifs is 1. The fraction of sp³-hybridized carbons (Fsp3) is 0.400. The number of hydrogen-bond donors (Lipinski definition) is 1. The highest BCUT2D eigenvalue weighted by molar-refractivity contribution is 5.79. The SMILES string of the molecule is CCCC1CCc2nc(N)c(C#N)c(-c3cccc(C)c3)c2C1. The molecule has 2 N–H and O–H groups in total. The van der Waals surface area contributed by atoms with E-state index in [2.05, 4.69) is 43.1 Å². The van der Waals surface area contributed by atoms with Gasteiger partial charge in [-0.25, -0.2) is 4.98 Å². The molecular formula is C20H23N3. The molecule has 1 aliphatic rings. The lowest BCUT2D eigenvalue weighted by atomic mass is 9.79. The summed E-state index contributed by atoms with van der Waals surface area (Å²) in [6.07, 6.45) is 5.59. The van der Waals surface area contributed by atoms with Gasteiger partial charge in [-0.3, -0.25) is 0 Å². The van der Waals surface area contributed by atoms with E-state index in [0.29, 0.717) is 17.3 Å². The number of aryl methyl sites for hydroxylation is 2. The van der Waals surface area contributed by atoms with Crippen molar-refractivity contribution in [2.24, 2.45) is 5.92 Å². The number of nitrogen functional groups attached to an aromatic ring is 1. The van der Waals surface area contributed by atoms with Crippen molar-refractivity contribution in [1.82, 2.24) is 4.98 Å². The van der Waals surface area contributed by atoms with Gasteiger partial charge in [-0.15, -0.1) is 0 Å². The number of aromatic nitrogens is 1. The third-order valence-corrected chi connectivity index (χ3v) is 4.81. The van der Waals surface area contributed by atoms with E-state index in [-0.39, 0.29) is 0 Å². The zero-order chi connectivity index (χ0) is 16.4. The van der Waals surface area contributed by atoms with Gasteiger partial charge < -0.3 is 5.73 Å². The Morgan fingerprint density at radius 2 is 2.22 bits per heavy atom. The molecule has 0 aliphatic heterocycles. The normalized spacial score (nSPS) is 16.7. The van der Waals surface area contributed by atoms with Crippen LogP contribution < -0.4 is 5.73 Å². The predicted octanol–water partition coefficient (Wildman–Crippen LogP) is 4.42.